The SMILES string of the molecule is O=C(Nc1cnc2cccnn12)c1ccc2nn(C3CCC4(CCCN4)CC3)cc2c1. The van der Waals surface area contributed by atoms with Crippen LogP contribution in [0.5, 0.6) is 0 Å². The molecule has 2 aliphatic rings. The number of hydrogen-bond donors (Lipinski definition) is 2. The molecule has 0 bridgehead atoms. The Balaban J connectivity index is 1.20. The summed E-state index contributed by atoms with van der Waals surface area (Å²) < 4.78 is 3.73. The molecule has 0 atom stereocenters. The topological polar surface area (TPSA) is 89.1 Å². The molecule has 1 saturated carbocycles. The van der Waals surface area contributed by atoms with E-state index in [1.807, 2.05) is 30.3 Å². The van der Waals surface area contributed by atoms with Crippen molar-refractivity contribution < 1.29 is 4.79 Å². The second-order valence-corrected chi connectivity index (χ2v) is 8.82. The van der Waals surface area contributed by atoms with E-state index >= 15 is 0 Å². The van der Waals surface area contributed by atoms with Crippen LogP contribution in [0.2, 0.25) is 0 Å². The Labute approximate surface area is 179 Å². The van der Waals surface area contributed by atoms with E-state index in [2.05, 4.69) is 31.6 Å². The van der Waals surface area contributed by atoms with Crippen LogP contribution in [0.1, 0.15) is 54.9 Å². The molecule has 158 valence electrons. The highest BCUT2D eigenvalue weighted by Crippen LogP contribution is 2.39. The molecule has 2 fully saturated rings. The summed E-state index contributed by atoms with van der Waals surface area (Å²) in [6.45, 7) is 1.16. The van der Waals surface area contributed by atoms with Gasteiger partial charge in [-0.25, -0.2) is 4.98 Å². The van der Waals surface area contributed by atoms with Crippen LogP contribution < -0.4 is 10.6 Å². The van der Waals surface area contributed by atoms with Gasteiger partial charge in [-0.05, 0) is 75.4 Å². The summed E-state index contributed by atoms with van der Waals surface area (Å²) in [4.78, 5) is 17.1. The van der Waals surface area contributed by atoms with E-state index < -0.39 is 0 Å². The lowest BCUT2D eigenvalue weighted by atomic mass is 9.78. The van der Waals surface area contributed by atoms with Crippen molar-refractivity contribution in [2.45, 2.75) is 50.1 Å². The van der Waals surface area contributed by atoms with E-state index in [1.165, 1.54) is 25.7 Å². The summed E-state index contributed by atoms with van der Waals surface area (Å²) >= 11 is 0. The lowest BCUT2D eigenvalue weighted by Gasteiger charge is -2.37. The number of aromatic nitrogens is 5. The molecule has 0 radical (unpaired) electrons. The van der Waals surface area contributed by atoms with Crippen molar-refractivity contribution in [2.75, 3.05) is 11.9 Å². The summed E-state index contributed by atoms with van der Waals surface area (Å²) in [5.74, 6) is 0.363. The van der Waals surface area contributed by atoms with Gasteiger partial charge >= 0.3 is 0 Å². The number of imidazole rings is 1. The molecule has 4 aromatic rings. The Morgan fingerprint density at radius 2 is 2.10 bits per heavy atom. The minimum Gasteiger partial charge on any atom is -0.311 e. The van der Waals surface area contributed by atoms with Gasteiger partial charge in [-0.3, -0.25) is 9.48 Å². The summed E-state index contributed by atoms with van der Waals surface area (Å²) in [5, 5.41) is 16.7. The van der Waals surface area contributed by atoms with E-state index in [4.69, 9.17) is 5.10 Å². The molecule has 8 heteroatoms. The first-order valence-electron chi connectivity index (χ1n) is 11.0. The maximum atomic E-state index is 12.8. The molecule has 0 unspecified atom stereocenters. The zero-order chi connectivity index (χ0) is 20.8. The molecule has 4 heterocycles. The third-order valence-electron chi connectivity index (χ3n) is 6.92. The van der Waals surface area contributed by atoms with Gasteiger partial charge in [0.05, 0.1) is 17.8 Å². The van der Waals surface area contributed by atoms with Crippen LogP contribution in [-0.4, -0.2) is 42.4 Å². The standard InChI is InChI=1S/C23H25N7O/c31-22(27-21-14-24-20-3-1-12-26-30(20)21)16-4-5-19-17(13-16)15-29(28-19)18-6-9-23(10-7-18)8-2-11-25-23/h1,3-5,12-15,18,25H,2,6-11H2,(H,27,31). The highest BCUT2D eigenvalue weighted by atomic mass is 16.1. The van der Waals surface area contributed by atoms with Gasteiger partial charge in [-0.2, -0.15) is 14.7 Å². The number of anilines is 1. The minimum absolute atomic E-state index is 0.186. The van der Waals surface area contributed by atoms with Crippen molar-refractivity contribution in [3.63, 3.8) is 0 Å². The lowest BCUT2D eigenvalue weighted by Crippen LogP contribution is -2.43. The van der Waals surface area contributed by atoms with Crippen LogP contribution >= 0.6 is 0 Å². The number of fused-ring (bicyclic) bond motifs is 2. The molecular weight excluding hydrogens is 390 g/mol. The van der Waals surface area contributed by atoms with Crippen molar-refractivity contribution in [1.82, 2.24) is 29.7 Å². The zero-order valence-corrected chi connectivity index (χ0v) is 17.3. The molecule has 2 N–H and O–H groups in total. The fraction of sp³-hybridized carbons (Fsp3) is 0.391. The Bertz CT molecular complexity index is 1260. The predicted octanol–water partition coefficient (Wildman–Crippen LogP) is 3.57. The maximum Gasteiger partial charge on any atom is 0.256 e. The van der Waals surface area contributed by atoms with E-state index in [-0.39, 0.29) is 5.91 Å². The molecule has 1 amide bonds. The van der Waals surface area contributed by atoms with Gasteiger partial charge in [0.2, 0.25) is 0 Å². The van der Waals surface area contributed by atoms with Crippen LogP contribution in [0.3, 0.4) is 0 Å². The van der Waals surface area contributed by atoms with Crippen LogP contribution in [0.25, 0.3) is 16.6 Å². The van der Waals surface area contributed by atoms with E-state index in [1.54, 1.807) is 16.9 Å². The van der Waals surface area contributed by atoms with Crippen molar-refractivity contribution in [3.8, 4) is 0 Å². The second-order valence-electron chi connectivity index (χ2n) is 8.82. The number of carbonyl (C=O) groups is 1. The second kappa shape index (κ2) is 7.16. The largest absolute Gasteiger partial charge is 0.311 e. The third kappa shape index (κ3) is 3.27. The number of hydrogen-bond acceptors (Lipinski definition) is 5. The molecule has 1 aliphatic carbocycles. The van der Waals surface area contributed by atoms with Gasteiger partial charge in [-0.15, -0.1) is 0 Å². The van der Waals surface area contributed by atoms with E-state index in [9.17, 15) is 4.79 Å². The molecular formula is C23H25N7O. The molecule has 1 saturated heterocycles. The van der Waals surface area contributed by atoms with Gasteiger partial charge in [0.1, 0.15) is 0 Å². The number of amides is 1. The van der Waals surface area contributed by atoms with Gasteiger partial charge in [0.25, 0.3) is 5.91 Å². The van der Waals surface area contributed by atoms with Crippen molar-refractivity contribution >= 4 is 28.3 Å². The predicted molar refractivity (Wildman–Crippen MR) is 118 cm³/mol. The van der Waals surface area contributed by atoms with Gasteiger partial charge in [-0.1, -0.05) is 0 Å². The highest BCUT2D eigenvalue weighted by Gasteiger charge is 2.37. The number of nitrogens with one attached hydrogen (secondary N) is 2. The maximum absolute atomic E-state index is 12.8. The molecule has 6 rings (SSSR count). The third-order valence-corrected chi connectivity index (χ3v) is 6.92. The van der Waals surface area contributed by atoms with Crippen molar-refractivity contribution in [3.05, 3.63) is 54.5 Å². The Hall–Kier alpha value is -3.26. The van der Waals surface area contributed by atoms with Crippen molar-refractivity contribution in [2.24, 2.45) is 0 Å². The molecule has 31 heavy (non-hydrogen) atoms. The molecule has 1 aromatic carbocycles. The summed E-state index contributed by atoms with van der Waals surface area (Å²) in [6.07, 6.45) is 12.7. The summed E-state index contributed by atoms with van der Waals surface area (Å²) in [5.41, 5.74) is 2.58. The first-order chi connectivity index (χ1) is 15.2. The number of rotatable bonds is 3. The number of carbonyl (C=O) groups excluding carboxylic acids is 1. The smallest absolute Gasteiger partial charge is 0.256 e. The van der Waals surface area contributed by atoms with Gasteiger partial charge in [0, 0.05) is 28.9 Å². The van der Waals surface area contributed by atoms with E-state index in [0.29, 0.717) is 28.6 Å². The lowest BCUT2D eigenvalue weighted by molar-refractivity contribution is 0.102. The quantitative estimate of drug-likeness (QED) is 0.534. The monoisotopic (exact) mass is 415 g/mol. The average Bonchev–Trinajstić information content (AvgIpc) is 3.53. The Morgan fingerprint density at radius 3 is 2.94 bits per heavy atom. The van der Waals surface area contributed by atoms with Gasteiger partial charge < -0.3 is 10.6 Å². The van der Waals surface area contributed by atoms with Crippen LogP contribution in [0, 0.1) is 0 Å². The van der Waals surface area contributed by atoms with Crippen LogP contribution in [-0.2, 0) is 0 Å². The Kier molecular flexibility index (Phi) is 4.27. The van der Waals surface area contributed by atoms with Crippen LogP contribution in [0.15, 0.2) is 48.9 Å². The normalized spacial score (nSPS) is 23.7. The molecule has 1 aliphatic heterocycles. The minimum atomic E-state index is -0.186. The first-order valence-corrected chi connectivity index (χ1v) is 11.0. The molecule has 3 aromatic heterocycles. The molecule has 1 spiro atoms. The fourth-order valence-electron chi connectivity index (χ4n) is 5.19. The van der Waals surface area contributed by atoms with E-state index in [0.717, 1.165) is 30.3 Å². The van der Waals surface area contributed by atoms with Crippen LogP contribution in [0.4, 0.5) is 5.82 Å². The highest BCUT2D eigenvalue weighted by molar-refractivity contribution is 6.05. The number of benzene rings is 1. The zero-order valence-electron chi connectivity index (χ0n) is 17.3. The summed E-state index contributed by atoms with van der Waals surface area (Å²) in [6, 6.07) is 9.75. The van der Waals surface area contributed by atoms with Crippen molar-refractivity contribution in [1.29, 1.82) is 0 Å². The average molecular weight is 416 g/mol. The number of nitrogens with zero attached hydrogens (tertiary/aromatic N) is 5. The molecule has 8 nitrogen and oxygen atoms in total. The summed E-state index contributed by atoms with van der Waals surface area (Å²) in [7, 11) is 0. The van der Waals surface area contributed by atoms with Gasteiger partial charge in [0.15, 0.2) is 11.5 Å². The fourth-order valence-corrected chi connectivity index (χ4v) is 5.19. The first kappa shape index (κ1) is 18.5. The Morgan fingerprint density at radius 1 is 1.19 bits per heavy atom.